The minimum Gasteiger partial charge on any atom is -0.497 e. The summed E-state index contributed by atoms with van der Waals surface area (Å²) in [6.07, 6.45) is 3.59. The molecule has 54 heavy (non-hydrogen) atoms. The molecule has 3 amide bonds. The summed E-state index contributed by atoms with van der Waals surface area (Å²) in [4.78, 5) is 36.7. The van der Waals surface area contributed by atoms with Gasteiger partial charge in [0.05, 0.1) is 41.7 Å². The molecule has 1 aliphatic carbocycles. The smallest absolute Gasteiger partial charge is 0.321 e. The van der Waals surface area contributed by atoms with Crippen LogP contribution in [-0.2, 0) is 34.8 Å². The maximum Gasteiger partial charge on any atom is 0.321 e. The number of urea groups is 1. The van der Waals surface area contributed by atoms with E-state index in [9.17, 15) is 23.1 Å². The molecule has 2 N–H and O–H groups in total. The van der Waals surface area contributed by atoms with E-state index < -0.39 is 28.2 Å². The van der Waals surface area contributed by atoms with E-state index >= 15 is 0 Å². The Labute approximate surface area is 319 Å². The summed E-state index contributed by atoms with van der Waals surface area (Å²) in [7, 11) is -0.537. The molecule has 2 aliphatic rings. The summed E-state index contributed by atoms with van der Waals surface area (Å²) in [5.74, 6) is 0.919. The molecular formula is C41H54N6O6S. The lowest BCUT2D eigenvalue weighted by molar-refractivity contribution is -0.128. The Balaban J connectivity index is 1.24. The molecule has 6 rings (SSSR count). The zero-order valence-electron chi connectivity index (χ0n) is 31.8. The largest absolute Gasteiger partial charge is 0.497 e. The Morgan fingerprint density at radius 2 is 1.70 bits per heavy atom. The molecule has 13 heteroatoms. The zero-order valence-corrected chi connectivity index (χ0v) is 32.6. The van der Waals surface area contributed by atoms with Crippen LogP contribution in [0.5, 0.6) is 5.75 Å². The highest BCUT2D eigenvalue weighted by Crippen LogP contribution is 2.29. The number of nitrogens with zero attached hydrogens (tertiary/aromatic N) is 5. The number of benzene rings is 3. The lowest BCUT2D eigenvalue weighted by atomic mass is 9.95. The number of fused-ring (bicyclic) bond motifs is 1. The third-order valence-electron chi connectivity index (χ3n) is 11.2. The van der Waals surface area contributed by atoms with Gasteiger partial charge in [-0.25, -0.2) is 18.2 Å². The molecule has 0 spiro atoms. The second-order valence-corrected chi connectivity index (χ2v) is 16.8. The van der Waals surface area contributed by atoms with E-state index in [4.69, 9.17) is 9.72 Å². The van der Waals surface area contributed by atoms with Gasteiger partial charge in [-0.3, -0.25) is 4.79 Å². The first-order chi connectivity index (χ1) is 26.0. The van der Waals surface area contributed by atoms with E-state index in [2.05, 4.69) is 5.32 Å². The van der Waals surface area contributed by atoms with E-state index in [0.29, 0.717) is 31.8 Å². The number of para-hydroxylation sites is 2. The summed E-state index contributed by atoms with van der Waals surface area (Å²) in [5, 5.41) is 15.1. The molecule has 1 aromatic heterocycles. The second kappa shape index (κ2) is 17.3. The SMILES string of the molecule is CCC(C)C(C(=O)N[C@@H](Cc1ccccc1)[C@H](O)CN(CC1CCCC1)S(=O)(=O)c1ccc(OC)cc1)N1CCN(Cc2nc3ccccc3n2C)C1=O. The molecular weight excluding hydrogens is 705 g/mol. The molecule has 3 aromatic carbocycles. The molecule has 0 radical (unpaired) electrons. The molecule has 4 aromatic rings. The van der Waals surface area contributed by atoms with Crippen molar-refractivity contribution in [2.24, 2.45) is 18.9 Å². The van der Waals surface area contributed by atoms with Crippen LogP contribution in [0.2, 0.25) is 0 Å². The number of hydrogen-bond donors (Lipinski definition) is 2. The number of imidazole rings is 1. The number of aliphatic hydroxyl groups is 1. The number of rotatable bonds is 17. The third-order valence-corrected chi connectivity index (χ3v) is 13.1. The standard InChI is InChI=1S/C41H54N6O6S/c1-5-29(2)39(47-24-23-45(41(47)50)28-38-42-34-17-11-12-18-36(34)44(38)3)40(49)43-35(25-30-13-7-6-8-14-30)37(48)27-46(26-31-15-9-10-16-31)54(51,52)33-21-19-32(53-4)20-22-33/h6-8,11-14,17-22,29,31,35,37,39,48H,5,9-10,15-16,23-28H2,1-4H3,(H,43,49)/t29?,35-,37+,39?/m0/s1. The minimum absolute atomic E-state index is 0.115. The second-order valence-electron chi connectivity index (χ2n) is 14.8. The van der Waals surface area contributed by atoms with Crippen molar-refractivity contribution in [3.8, 4) is 5.75 Å². The Morgan fingerprint density at radius 1 is 1.02 bits per heavy atom. The number of carbonyl (C=O) groups is 2. The monoisotopic (exact) mass is 758 g/mol. The highest BCUT2D eigenvalue weighted by atomic mass is 32.2. The van der Waals surface area contributed by atoms with Crippen molar-refractivity contribution in [3.63, 3.8) is 0 Å². The van der Waals surface area contributed by atoms with Crippen LogP contribution in [0.25, 0.3) is 11.0 Å². The van der Waals surface area contributed by atoms with Crippen LogP contribution in [0.1, 0.15) is 57.3 Å². The topological polar surface area (TPSA) is 137 Å². The highest BCUT2D eigenvalue weighted by Gasteiger charge is 2.41. The van der Waals surface area contributed by atoms with Crippen LogP contribution < -0.4 is 10.1 Å². The van der Waals surface area contributed by atoms with Gasteiger partial charge in [-0.1, -0.05) is 75.6 Å². The average molecular weight is 759 g/mol. The predicted molar refractivity (Wildman–Crippen MR) is 208 cm³/mol. The molecule has 290 valence electrons. The van der Waals surface area contributed by atoms with Gasteiger partial charge in [-0.15, -0.1) is 0 Å². The Morgan fingerprint density at radius 3 is 2.37 bits per heavy atom. The fourth-order valence-electron chi connectivity index (χ4n) is 7.85. The quantitative estimate of drug-likeness (QED) is 0.151. The van der Waals surface area contributed by atoms with Crippen molar-refractivity contribution >= 4 is 33.0 Å². The van der Waals surface area contributed by atoms with Gasteiger partial charge in [0.1, 0.15) is 17.6 Å². The molecule has 2 heterocycles. The molecule has 0 bridgehead atoms. The van der Waals surface area contributed by atoms with Crippen molar-refractivity contribution in [2.75, 3.05) is 33.3 Å². The zero-order chi connectivity index (χ0) is 38.4. The van der Waals surface area contributed by atoms with E-state index in [0.717, 1.165) is 48.1 Å². The number of aryl methyl sites for hydroxylation is 1. The van der Waals surface area contributed by atoms with Gasteiger partial charge in [0.25, 0.3) is 0 Å². The number of ether oxygens (including phenoxy) is 1. The fourth-order valence-corrected chi connectivity index (χ4v) is 9.38. The van der Waals surface area contributed by atoms with Gasteiger partial charge in [0.2, 0.25) is 15.9 Å². The van der Waals surface area contributed by atoms with E-state index in [1.54, 1.807) is 21.9 Å². The molecule has 1 saturated heterocycles. The van der Waals surface area contributed by atoms with Crippen molar-refractivity contribution < 1.29 is 27.9 Å². The van der Waals surface area contributed by atoms with Gasteiger partial charge < -0.3 is 29.5 Å². The van der Waals surface area contributed by atoms with Crippen LogP contribution in [-0.4, -0.2) is 101 Å². The van der Waals surface area contributed by atoms with Crippen LogP contribution in [0, 0.1) is 11.8 Å². The fraction of sp³-hybridized carbons (Fsp3) is 0.488. The molecule has 1 saturated carbocycles. The summed E-state index contributed by atoms with van der Waals surface area (Å²) >= 11 is 0. The van der Waals surface area contributed by atoms with Crippen LogP contribution in [0.3, 0.4) is 0 Å². The average Bonchev–Trinajstić information content (AvgIpc) is 3.91. The number of methoxy groups -OCH3 is 1. The number of nitrogens with one attached hydrogen (secondary N) is 1. The Hall–Kier alpha value is -4.46. The van der Waals surface area contributed by atoms with Crippen molar-refractivity contribution in [1.82, 2.24) is 29.0 Å². The summed E-state index contributed by atoms with van der Waals surface area (Å²) in [6.45, 7) is 5.14. The normalized spacial score (nSPS) is 17.6. The summed E-state index contributed by atoms with van der Waals surface area (Å²) < 4.78 is 37.0. The number of aliphatic hydroxyl groups excluding tert-OH is 1. The van der Waals surface area contributed by atoms with E-state index in [1.807, 2.05) is 80.1 Å². The van der Waals surface area contributed by atoms with Gasteiger partial charge in [-0.2, -0.15) is 4.31 Å². The Kier molecular flexibility index (Phi) is 12.6. The van der Waals surface area contributed by atoms with E-state index in [-0.39, 0.29) is 48.2 Å². The van der Waals surface area contributed by atoms with Gasteiger partial charge in [-0.05, 0) is 73.1 Å². The number of carbonyl (C=O) groups excluding carboxylic acids is 2. The molecule has 2 unspecified atom stereocenters. The first-order valence-electron chi connectivity index (χ1n) is 19.1. The predicted octanol–water partition coefficient (Wildman–Crippen LogP) is 5.20. The molecule has 1 aliphatic heterocycles. The number of amides is 3. The summed E-state index contributed by atoms with van der Waals surface area (Å²) in [6, 6.07) is 21.8. The third kappa shape index (κ3) is 8.74. The van der Waals surface area contributed by atoms with Gasteiger partial charge >= 0.3 is 6.03 Å². The first-order valence-corrected chi connectivity index (χ1v) is 20.6. The first kappa shape index (κ1) is 39.2. The number of hydrogen-bond acceptors (Lipinski definition) is 7. The summed E-state index contributed by atoms with van der Waals surface area (Å²) in [5.41, 5.74) is 2.72. The molecule has 4 atom stereocenters. The minimum atomic E-state index is -4.00. The molecule has 2 fully saturated rings. The maximum absolute atomic E-state index is 14.5. The van der Waals surface area contributed by atoms with Crippen LogP contribution in [0.4, 0.5) is 4.79 Å². The molecule has 12 nitrogen and oxygen atoms in total. The maximum atomic E-state index is 14.5. The van der Waals surface area contributed by atoms with Crippen molar-refractivity contribution in [1.29, 1.82) is 0 Å². The Bertz CT molecular complexity index is 1980. The van der Waals surface area contributed by atoms with Gasteiger partial charge in [0.15, 0.2) is 0 Å². The van der Waals surface area contributed by atoms with Crippen LogP contribution in [0.15, 0.2) is 83.8 Å². The van der Waals surface area contributed by atoms with Crippen molar-refractivity contribution in [2.45, 2.75) is 82.0 Å². The van der Waals surface area contributed by atoms with Crippen LogP contribution >= 0.6 is 0 Å². The van der Waals surface area contributed by atoms with Crippen molar-refractivity contribution in [3.05, 3.63) is 90.3 Å². The number of sulfonamides is 1. The van der Waals surface area contributed by atoms with Gasteiger partial charge in [0, 0.05) is 33.2 Å². The lowest BCUT2D eigenvalue weighted by Gasteiger charge is -2.35. The lowest BCUT2D eigenvalue weighted by Crippen LogP contribution is -2.57. The number of aromatic nitrogens is 2. The highest BCUT2D eigenvalue weighted by molar-refractivity contribution is 7.89. The van der Waals surface area contributed by atoms with E-state index in [1.165, 1.54) is 23.5 Å².